The first-order valence-electron chi connectivity index (χ1n) is 14.1. The maximum Gasteiger partial charge on any atom is 0.343 e. The fourth-order valence-corrected chi connectivity index (χ4v) is 8.71. The van der Waals surface area contributed by atoms with Crippen LogP contribution in [0, 0.1) is 23.7 Å². The number of Topliss-reactive ketones (excluding diaryl/α,β-unsaturated/α-hetero) is 1. The molecule has 0 aromatic heterocycles. The van der Waals surface area contributed by atoms with Gasteiger partial charge in [0.15, 0.2) is 12.4 Å². The molecule has 0 N–H and O–H groups in total. The molecule has 1 heterocycles. The maximum atomic E-state index is 13.7. The second-order valence-electron chi connectivity index (χ2n) is 11.2. The first-order chi connectivity index (χ1) is 21.1. The molecule has 0 radical (unpaired) electrons. The zero-order chi connectivity index (χ0) is 31.1. The number of imide groups is 1. The second kappa shape index (κ2) is 12.7. The van der Waals surface area contributed by atoms with E-state index >= 15 is 0 Å². The molecule has 6 rings (SSSR count). The van der Waals surface area contributed by atoms with Gasteiger partial charge in [0.2, 0.25) is 11.8 Å². The number of hydrogen-bond acceptors (Lipinski definition) is 7. The van der Waals surface area contributed by atoms with E-state index in [1.165, 1.54) is 24.3 Å². The van der Waals surface area contributed by atoms with Crippen molar-refractivity contribution in [2.75, 3.05) is 6.61 Å². The van der Waals surface area contributed by atoms with Gasteiger partial charge in [-0.15, -0.1) is 0 Å². The maximum absolute atomic E-state index is 13.7. The molecular weight excluding hydrogens is 762 g/mol. The number of amides is 2. The van der Waals surface area contributed by atoms with Crippen molar-refractivity contribution in [1.29, 1.82) is 0 Å². The summed E-state index contributed by atoms with van der Waals surface area (Å²) in [4.78, 5) is 67.5. The molecule has 7 unspecified atom stereocenters. The molecule has 7 atom stereocenters. The average Bonchev–Trinajstić information content (AvgIpc) is 3.64. The van der Waals surface area contributed by atoms with E-state index in [0.29, 0.717) is 5.56 Å². The van der Waals surface area contributed by atoms with Crippen molar-refractivity contribution in [2.24, 2.45) is 23.7 Å². The number of hydrogen-bond donors (Lipinski definition) is 0. The first kappa shape index (κ1) is 30.9. The van der Waals surface area contributed by atoms with Gasteiger partial charge in [-0.25, -0.2) is 9.59 Å². The number of carbonyl (C=O) groups excluding carboxylic acids is 5. The monoisotopic (exact) mass is 785 g/mol. The molecule has 3 aliphatic rings. The molecule has 11 heteroatoms. The van der Waals surface area contributed by atoms with Gasteiger partial charge in [-0.3, -0.25) is 19.3 Å². The van der Waals surface area contributed by atoms with Gasteiger partial charge in [0, 0.05) is 26.1 Å². The van der Waals surface area contributed by atoms with Crippen LogP contribution in [-0.4, -0.2) is 56.7 Å². The molecule has 2 aliphatic carbocycles. The highest BCUT2D eigenvalue weighted by atomic mass is 79.9. The van der Waals surface area contributed by atoms with Crippen molar-refractivity contribution < 1.29 is 33.4 Å². The number of ether oxygens (including phenoxy) is 2. The van der Waals surface area contributed by atoms with Crippen molar-refractivity contribution in [3.8, 4) is 5.75 Å². The molecule has 3 fully saturated rings. The lowest BCUT2D eigenvalue weighted by Gasteiger charge is -2.28. The quantitative estimate of drug-likeness (QED) is 0.0890. The van der Waals surface area contributed by atoms with Crippen LogP contribution >= 0.6 is 47.8 Å². The molecule has 2 saturated carbocycles. The number of nitrogens with zero attached hydrogens (tertiary/aromatic N) is 1. The summed E-state index contributed by atoms with van der Waals surface area (Å²) in [5.74, 6) is -3.26. The molecule has 3 aromatic rings. The van der Waals surface area contributed by atoms with Crippen LogP contribution in [0.5, 0.6) is 5.75 Å². The Hall–Kier alpha value is -3.15. The van der Waals surface area contributed by atoms with Gasteiger partial charge in [-0.1, -0.05) is 78.1 Å². The van der Waals surface area contributed by atoms with Crippen molar-refractivity contribution in [3.05, 3.63) is 100 Å². The predicted octanol–water partition coefficient (Wildman–Crippen LogP) is 5.78. The standard InChI is InChI=1S/C33H26Br3NO7/c34-20-10-6-19(7-11-20)32(41)44-21-12-8-18(9-13-21)25(38)16-43-33(42)24(14-17-4-2-1-3-5-17)37-30(39)26-22-15-23(27(26)31(37)40)29(36)28(22)35/h1-13,22-24,26-29H,14-16H2. The van der Waals surface area contributed by atoms with Gasteiger partial charge < -0.3 is 9.47 Å². The van der Waals surface area contributed by atoms with E-state index in [-0.39, 0.29) is 51.0 Å². The van der Waals surface area contributed by atoms with Crippen LogP contribution < -0.4 is 4.74 Å². The van der Waals surface area contributed by atoms with Crippen LogP contribution in [0.4, 0.5) is 0 Å². The van der Waals surface area contributed by atoms with Gasteiger partial charge >= 0.3 is 11.9 Å². The summed E-state index contributed by atoms with van der Waals surface area (Å²) in [6, 6.07) is 20.5. The normalized spacial score (nSPS) is 25.9. The van der Waals surface area contributed by atoms with E-state index < -0.39 is 42.2 Å². The summed E-state index contributed by atoms with van der Waals surface area (Å²) < 4.78 is 11.7. The van der Waals surface area contributed by atoms with Gasteiger partial charge in [-0.2, -0.15) is 0 Å². The summed E-state index contributed by atoms with van der Waals surface area (Å²) in [5.41, 5.74) is 1.37. The van der Waals surface area contributed by atoms with Crippen LogP contribution in [0.1, 0.15) is 32.7 Å². The molecule has 8 nitrogen and oxygen atoms in total. The summed E-state index contributed by atoms with van der Waals surface area (Å²) in [6.07, 6.45) is 0.852. The van der Waals surface area contributed by atoms with Crippen LogP contribution in [0.15, 0.2) is 83.3 Å². The summed E-state index contributed by atoms with van der Waals surface area (Å²) in [5, 5.41) is 0. The highest BCUT2D eigenvalue weighted by Crippen LogP contribution is 2.60. The van der Waals surface area contributed by atoms with Crippen molar-refractivity contribution in [3.63, 3.8) is 0 Å². The summed E-state index contributed by atoms with van der Waals surface area (Å²) in [7, 11) is 0. The number of ketones is 1. The number of carbonyl (C=O) groups is 5. The Bertz CT molecular complexity index is 1580. The zero-order valence-electron chi connectivity index (χ0n) is 23.1. The predicted molar refractivity (Wildman–Crippen MR) is 171 cm³/mol. The summed E-state index contributed by atoms with van der Waals surface area (Å²) >= 11 is 10.7. The van der Waals surface area contributed by atoms with Crippen molar-refractivity contribution in [1.82, 2.24) is 4.90 Å². The van der Waals surface area contributed by atoms with Gasteiger partial charge in [0.05, 0.1) is 17.4 Å². The lowest BCUT2D eigenvalue weighted by atomic mass is 9.81. The number of fused-ring (bicyclic) bond motifs is 5. The number of esters is 2. The van der Waals surface area contributed by atoms with Crippen LogP contribution in [0.3, 0.4) is 0 Å². The minimum atomic E-state index is -1.20. The lowest BCUT2D eigenvalue weighted by Crippen LogP contribution is -2.48. The van der Waals surface area contributed by atoms with E-state index in [1.807, 2.05) is 30.3 Å². The van der Waals surface area contributed by atoms with Crippen molar-refractivity contribution >= 4 is 77.3 Å². The molecule has 2 amide bonds. The second-order valence-corrected chi connectivity index (χ2v) is 14.2. The van der Waals surface area contributed by atoms with Crippen LogP contribution in [-0.2, 0) is 25.5 Å². The Morgan fingerprint density at radius 3 is 1.95 bits per heavy atom. The van der Waals surface area contributed by atoms with Crippen LogP contribution in [0.2, 0.25) is 0 Å². The number of alkyl halides is 2. The van der Waals surface area contributed by atoms with Gasteiger partial charge in [0.1, 0.15) is 11.8 Å². The average molecular weight is 788 g/mol. The topological polar surface area (TPSA) is 107 Å². The van der Waals surface area contributed by atoms with Gasteiger partial charge in [0.25, 0.3) is 0 Å². The number of benzene rings is 3. The molecule has 0 spiro atoms. The Labute approximate surface area is 278 Å². The van der Waals surface area contributed by atoms with E-state index in [4.69, 9.17) is 9.47 Å². The van der Waals surface area contributed by atoms with E-state index in [1.54, 1.807) is 24.3 Å². The smallest absolute Gasteiger partial charge is 0.343 e. The molecule has 226 valence electrons. The zero-order valence-corrected chi connectivity index (χ0v) is 27.9. The summed E-state index contributed by atoms with van der Waals surface area (Å²) in [6.45, 7) is -0.580. The first-order valence-corrected chi connectivity index (χ1v) is 16.7. The third-order valence-electron chi connectivity index (χ3n) is 8.69. The molecular formula is C33H26Br3NO7. The van der Waals surface area contributed by atoms with E-state index in [9.17, 15) is 24.0 Å². The minimum absolute atomic E-state index is 0.00269. The number of halogens is 3. The molecule has 1 saturated heterocycles. The van der Waals surface area contributed by atoms with Gasteiger partial charge in [-0.05, 0) is 72.4 Å². The molecule has 2 bridgehead atoms. The largest absolute Gasteiger partial charge is 0.456 e. The van der Waals surface area contributed by atoms with E-state index in [2.05, 4.69) is 47.8 Å². The lowest BCUT2D eigenvalue weighted by molar-refractivity contribution is -0.158. The third-order valence-corrected chi connectivity index (χ3v) is 12.4. The molecule has 1 aliphatic heterocycles. The Balaban J connectivity index is 1.13. The molecule has 44 heavy (non-hydrogen) atoms. The highest BCUT2D eigenvalue weighted by Gasteiger charge is 2.67. The third kappa shape index (κ3) is 5.81. The Kier molecular flexibility index (Phi) is 8.90. The fraction of sp³-hybridized carbons (Fsp3) is 0.303. The number of likely N-dealkylation sites (tertiary alicyclic amines) is 1. The minimum Gasteiger partial charge on any atom is -0.456 e. The Morgan fingerprint density at radius 1 is 0.795 bits per heavy atom. The number of rotatable bonds is 9. The molecule has 3 aromatic carbocycles. The van der Waals surface area contributed by atoms with Crippen molar-refractivity contribution in [2.45, 2.75) is 28.5 Å². The van der Waals surface area contributed by atoms with E-state index in [0.717, 1.165) is 21.4 Å². The SMILES string of the molecule is O=C(COC(=O)C(Cc1ccccc1)N1C(=O)C2C3CC(C(Br)C3Br)C2C1=O)c1ccc(OC(=O)c2ccc(Br)cc2)cc1. The Morgan fingerprint density at radius 2 is 1.36 bits per heavy atom. The highest BCUT2D eigenvalue weighted by molar-refractivity contribution is 9.12. The van der Waals surface area contributed by atoms with Crippen LogP contribution in [0.25, 0.3) is 0 Å². The fourth-order valence-electron chi connectivity index (χ4n) is 6.57.